The van der Waals surface area contributed by atoms with Gasteiger partial charge in [0.15, 0.2) is 0 Å². The Balaban J connectivity index is 1.83. The van der Waals surface area contributed by atoms with Crippen LogP contribution in [0, 0.1) is 12.8 Å². The van der Waals surface area contributed by atoms with Crippen LogP contribution in [0.25, 0.3) is 11.3 Å². The summed E-state index contributed by atoms with van der Waals surface area (Å²) in [4.78, 5) is 2.33. The van der Waals surface area contributed by atoms with Crippen LogP contribution in [0.4, 0.5) is 13.2 Å². The summed E-state index contributed by atoms with van der Waals surface area (Å²) in [5, 5.41) is 29.1. The Bertz CT molecular complexity index is 871. The zero-order valence-electron chi connectivity index (χ0n) is 16.7. The summed E-state index contributed by atoms with van der Waals surface area (Å²) in [6, 6.07) is 4.87. The van der Waals surface area contributed by atoms with Crippen molar-refractivity contribution in [1.82, 2.24) is 15.1 Å². The molecule has 1 aliphatic heterocycles. The fraction of sp³-hybridized carbons (Fsp3) is 0.524. The SMILES string of the molecule is Cc1cc(C(O)[C@@H]2CCCN(C(C)C)C2)nnc1-c1ccc(C(F)(F)F)cc1O. The Morgan fingerprint density at radius 3 is 2.48 bits per heavy atom. The molecule has 0 spiro atoms. The van der Waals surface area contributed by atoms with E-state index in [9.17, 15) is 23.4 Å². The Kier molecular flexibility index (Phi) is 6.14. The smallest absolute Gasteiger partial charge is 0.416 e. The van der Waals surface area contributed by atoms with Crippen LogP contribution in [-0.2, 0) is 6.18 Å². The number of likely N-dealkylation sites (tertiary alicyclic amines) is 1. The van der Waals surface area contributed by atoms with Gasteiger partial charge in [-0.1, -0.05) is 0 Å². The lowest BCUT2D eigenvalue weighted by molar-refractivity contribution is -0.137. The van der Waals surface area contributed by atoms with Crippen LogP contribution in [-0.4, -0.2) is 44.4 Å². The molecule has 2 atom stereocenters. The number of benzene rings is 1. The first-order valence-electron chi connectivity index (χ1n) is 9.75. The maximum atomic E-state index is 12.8. The van der Waals surface area contributed by atoms with Crippen molar-refractivity contribution in [2.75, 3.05) is 13.1 Å². The van der Waals surface area contributed by atoms with Crippen LogP contribution in [0.3, 0.4) is 0 Å². The van der Waals surface area contributed by atoms with E-state index >= 15 is 0 Å². The average Bonchev–Trinajstić information content (AvgIpc) is 2.67. The van der Waals surface area contributed by atoms with Crippen LogP contribution < -0.4 is 0 Å². The number of aliphatic hydroxyl groups excluding tert-OH is 1. The number of halogens is 3. The summed E-state index contributed by atoms with van der Waals surface area (Å²) in [7, 11) is 0. The van der Waals surface area contributed by atoms with Gasteiger partial charge in [-0.2, -0.15) is 18.3 Å². The fourth-order valence-corrected chi connectivity index (χ4v) is 3.83. The number of phenols is 1. The van der Waals surface area contributed by atoms with Crippen molar-refractivity contribution >= 4 is 0 Å². The van der Waals surface area contributed by atoms with Crippen molar-refractivity contribution in [3.63, 3.8) is 0 Å². The minimum absolute atomic E-state index is 0.0465. The first-order valence-corrected chi connectivity index (χ1v) is 9.75. The highest BCUT2D eigenvalue weighted by Crippen LogP contribution is 2.37. The second-order valence-corrected chi connectivity index (χ2v) is 7.97. The van der Waals surface area contributed by atoms with E-state index in [2.05, 4.69) is 28.9 Å². The minimum atomic E-state index is -4.53. The molecule has 1 saturated heterocycles. The van der Waals surface area contributed by atoms with Crippen molar-refractivity contribution in [3.05, 3.63) is 41.1 Å². The van der Waals surface area contributed by atoms with E-state index in [0.717, 1.165) is 32.0 Å². The lowest BCUT2D eigenvalue weighted by Gasteiger charge is -2.37. The number of hydrogen-bond acceptors (Lipinski definition) is 5. The first kappa shape index (κ1) is 21.5. The minimum Gasteiger partial charge on any atom is -0.507 e. The molecular weight excluding hydrogens is 383 g/mol. The number of aromatic nitrogens is 2. The van der Waals surface area contributed by atoms with Gasteiger partial charge in [-0.15, -0.1) is 5.10 Å². The molecule has 1 fully saturated rings. The molecule has 1 unspecified atom stereocenters. The Morgan fingerprint density at radius 1 is 1.17 bits per heavy atom. The molecule has 0 aliphatic carbocycles. The summed E-state index contributed by atoms with van der Waals surface area (Å²) >= 11 is 0. The molecular formula is C21H26F3N3O2. The molecule has 1 aromatic heterocycles. The molecule has 0 bridgehead atoms. The van der Waals surface area contributed by atoms with Gasteiger partial charge in [0, 0.05) is 24.1 Å². The molecule has 0 saturated carbocycles. The van der Waals surface area contributed by atoms with Crippen LogP contribution >= 0.6 is 0 Å². The quantitative estimate of drug-likeness (QED) is 0.787. The molecule has 8 heteroatoms. The largest absolute Gasteiger partial charge is 0.507 e. The van der Waals surface area contributed by atoms with Crippen molar-refractivity contribution in [3.8, 4) is 17.0 Å². The number of alkyl halides is 3. The highest BCUT2D eigenvalue weighted by molar-refractivity contribution is 5.69. The zero-order valence-corrected chi connectivity index (χ0v) is 16.7. The molecule has 0 radical (unpaired) electrons. The molecule has 29 heavy (non-hydrogen) atoms. The van der Waals surface area contributed by atoms with Crippen LogP contribution in [0.15, 0.2) is 24.3 Å². The normalized spacial score (nSPS) is 19.5. The Labute approximate surface area is 168 Å². The first-order chi connectivity index (χ1) is 13.6. The maximum Gasteiger partial charge on any atom is 0.416 e. The van der Waals surface area contributed by atoms with Gasteiger partial charge in [-0.25, -0.2) is 0 Å². The van der Waals surface area contributed by atoms with Gasteiger partial charge in [0.1, 0.15) is 11.9 Å². The molecule has 158 valence electrons. The van der Waals surface area contributed by atoms with Gasteiger partial charge < -0.3 is 15.1 Å². The third kappa shape index (κ3) is 4.70. The average molecular weight is 409 g/mol. The van der Waals surface area contributed by atoms with Gasteiger partial charge in [-0.05, 0) is 70.0 Å². The highest BCUT2D eigenvalue weighted by Gasteiger charge is 2.32. The number of piperidine rings is 1. The van der Waals surface area contributed by atoms with E-state index in [0.29, 0.717) is 29.1 Å². The lowest BCUT2D eigenvalue weighted by Crippen LogP contribution is -2.41. The standard InChI is InChI=1S/C21H26F3N3O2/c1-12(2)27-8-4-5-14(11-27)20(29)17-9-13(3)19(26-25-17)16-7-6-15(10-18(16)28)21(22,23)24/h6-7,9-10,12,14,20,28-29H,4-5,8,11H2,1-3H3/t14-,20?/m1/s1. The van der Waals surface area contributed by atoms with E-state index in [4.69, 9.17) is 0 Å². The fourth-order valence-electron chi connectivity index (χ4n) is 3.83. The maximum absolute atomic E-state index is 12.8. The van der Waals surface area contributed by atoms with Crippen molar-refractivity contribution in [2.24, 2.45) is 5.92 Å². The number of phenolic OH excluding ortho intramolecular Hbond substituents is 1. The predicted octanol–water partition coefficient (Wildman–Crippen LogP) is 4.33. The number of aryl methyl sites for hydroxylation is 1. The van der Waals surface area contributed by atoms with E-state index in [1.165, 1.54) is 6.07 Å². The van der Waals surface area contributed by atoms with E-state index in [1.54, 1.807) is 13.0 Å². The molecule has 3 rings (SSSR count). The van der Waals surface area contributed by atoms with Gasteiger partial charge in [0.05, 0.1) is 17.0 Å². The van der Waals surface area contributed by atoms with Crippen LogP contribution in [0.1, 0.15) is 49.6 Å². The molecule has 2 aromatic rings. The highest BCUT2D eigenvalue weighted by atomic mass is 19.4. The number of rotatable bonds is 4. The molecule has 1 aromatic carbocycles. The lowest BCUT2D eigenvalue weighted by atomic mass is 9.89. The summed E-state index contributed by atoms with van der Waals surface area (Å²) in [5.74, 6) is -0.462. The molecule has 5 nitrogen and oxygen atoms in total. The second kappa shape index (κ2) is 8.28. The van der Waals surface area contributed by atoms with Gasteiger partial charge in [-0.3, -0.25) is 0 Å². The van der Waals surface area contributed by atoms with Crippen molar-refractivity contribution in [1.29, 1.82) is 0 Å². The zero-order chi connectivity index (χ0) is 21.3. The number of nitrogens with zero attached hydrogens (tertiary/aromatic N) is 3. The van der Waals surface area contributed by atoms with Gasteiger partial charge in [0.25, 0.3) is 0 Å². The molecule has 0 amide bonds. The summed E-state index contributed by atoms with van der Waals surface area (Å²) < 4.78 is 38.4. The third-order valence-electron chi connectivity index (χ3n) is 5.55. The summed E-state index contributed by atoms with van der Waals surface area (Å²) in [6.07, 6.45) is -3.40. The van der Waals surface area contributed by atoms with E-state index in [1.807, 2.05) is 0 Å². The van der Waals surface area contributed by atoms with Gasteiger partial charge >= 0.3 is 6.18 Å². The third-order valence-corrected chi connectivity index (χ3v) is 5.55. The molecule has 2 N–H and O–H groups in total. The van der Waals surface area contributed by atoms with Gasteiger partial charge in [0.2, 0.25) is 0 Å². The summed E-state index contributed by atoms with van der Waals surface area (Å²) in [5.41, 5.74) is 0.601. The number of aromatic hydroxyl groups is 1. The predicted molar refractivity (Wildman–Crippen MR) is 103 cm³/mol. The second-order valence-electron chi connectivity index (χ2n) is 7.97. The molecule has 2 heterocycles. The number of aliphatic hydroxyl groups is 1. The summed E-state index contributed by atoms with van der Waals surface area (Å²) in [6.45, 7) is 7.78. The van der Waals surface area contributed by atoms with Crippen LogP contribution in [0.2, 0.25) is 0 Å². The van der Waals surface area contributed by atoms with E-state index < -0.39 is 23.6 Å². The Hall–Kier alpha value is -2.19. The van der Waals surface area contributed by atoms with Crippen molar-refractivity contribution < 1.29 is 23.4 Å². The topological polar surface area (TPSA) is 69.5 Å². The Morgan fingerprint density at radius 2 is 1.90 bits per heavy atom. The number of hydrogen-bond donors (Lipinski definition) is 2. The van der Waals surface area contributed by atoms with Crippen LogP contribution in [0.5, 0.6) is 5.75 Å². The monoisotopic (exact) mass is 409 g/mol. The molecule has 1 aliphatic rings. The van der Waals surface area contributed by atoms with E-state index in [-0.39, 0.29) is 11.5 Å². The van der Waals surface area contributed by atoms with Crippen molar-refractivity contribution in [2.45, 2.75) is 51.9 Å².